The van der Waals surface area contributed by atoms with Crippen LogP contribution in [0.25, 0.3) is 0 Å². The Balaban J connectivity index is 3.90. The molecule has 0 aromatic rings. The van der Waals surface area contributed by atoms with Gasteiger partial charge in [-0.1, -0.05) is 168 Å². The van der Waals surface area contributed by atoms with Crippen LogP contribution in [0, 0.1) is 0 Å². The van der Waals surface area contributed by atoms with Crippen molar-refractivity contribution in [2.75, 3.05) is 32.8 Å². The number of carbonyl (C=O) groups is 2. The fraction of sp³-hybridized carbons (Fsp3) is 0.913. The van der Waals surface area contributed by atoms with Crippen molar-refractivity contribution in [3.8, 4) is 0 Å². The Kier molecular flexibility index (Phi) is 41.2. The maximum absolute atomic E-state index is 12.7. The number of hydrogen-bond donors (Lipinski definition) is 1. The number of rotatable bonds is 42. The molecule has 52 heavy (non-hydrogen) atoms. The van der Waals surface area contributed by atoms with Crippen molar-refractivity contribution in [1.29, 1.82) is 0 Å². The third kappa shape index (κ3) is 38.3. The first-order valence-electron chi connectivity index (χ1n) is 22.9. The van der Waals surface area contributed by atoms with E-state index in [1.807, 2.05) is 6.08 Å². The van der Waals surface area contributed by atoms with E-state index in [0.29, 0.717) is 19.4 Å². The van der Waals surface area contributed by atoms with Crippen LogP contribution in [0.4, 0.5) is 0 Å². The summed E-state index contributed by atoms with van der Waals surface area (Å²) in [6, 6.07) is 0. The van der Waals surface area contributed by atoms with Gasteiger partial charge in [-0.15, -0.1) is 0 Å². The molecule has 0 saturated heterocycles. The van der Waals surface area contributed by atoms with E-state index in [1.165, 1.54) is 141 Å². The third-order valence-corrected chi connectivity index (χ3v) is 10.4. The zero-order valence-electron chi connectivity index (χ0n) is 35.1. The van der Waals surface area contributed by atoms with Gasteiger partial charge in [-0.25, -0.2) is 0 Å². The Hall–Kier alpha value is -1.40. The van der Waals surface area contributed by atoms with E-state index in [9.17, 15) is 14.7 Å². The Morgan fingerprint density at radius 1 is 0.500 bits per heavy atom. The summed E-state index contributed by atoms with van der Waals surface area (Å²) in [5.74, 6) is -0.0521. The molecule has 0 aliphatic rings. The first-order valence-corrected chi connectivity index (χ1v) is 22.9. The van der Waals surface area contributed by atoms with Gasteiger partial charge in [0.2, 0.25) is 0 Å². The Morgan fingerprint density at radius 3 is 1.42 bits per heavy atom. The van der Waals surface area contributed by atoms with Crippen LogP contribution in [0.2, 0.25) is 0 Å². The standard InChI is InChI=1S/C46H89NO5/c1-4-7-10-13-19-27-34-43-51-45(49)37-30-24-20-26-33-40-47(41-42-48)39-32-25-18-16-17-23-31-38-46(50)52-44(35-28-21-14-11-8-5-2)36-29-22-15-12-9-6-3/h27,34,44,48H,4-26,28-33,35-43H2,1-3H3/b34-27-. The largest absolute Gasteiger partial charge is 0.462 e. The van der Waals surface area contributed by atoms with Crippen molar-refractivity contribution in [2.45, 2.75) is 239 Å². The number of carbonyl (C=O) groups excluding carboxylic acids is 2. The third-order valence-electron chi connectivity index (χ3n) is 10.4. The number of allylic oxidation sites excluding steroid dienone is 1. The Morgan fingerprint density at radius 2 is 0.923 bits per heavy atom. The van der Waals surface area contributed by atoms with Crippen molar-refractivity contribution < 1.29 is 24.2 Å². The molecule has 0 spiro atoms. The van der Waals surface area contributed by atoms with Crippen LogP contribution in [0.1, 0.15) is 233 Å². The molecule has 0 unspecified atom stereocenters. The van der Waals surface area contributed by atoms with Crippen LogP contribution in [-0.4, -0.2) is 60.9 Å². The lowest BCUT2D eigenvalue weighted by Gasteiger charge is -2.21. The summed E-state index contributed by atoms with van der Waals surface area (Å²) in [5.41, 5.74) is 0. The molecule has 0 fully saturated rings. The Bertz CT molecular complexity index is 756. The van der Waals surface area contributed by atoms with Gasteiger partial charge in [-0.2, -0.15) is 0 Å². The summed E-state index contributed by atoms with van der Waals surface area (Å²) in [4.78, 5) is 27.0. The van der Waals surface area contributed by atoms with E-state index in [-0.39, 0.29) is 24.6 Å². The quantitative estimate of drug-likeness (QED) is 0.0382. The highest BCUT2D eigenvalue weighted by Crippen LogP contribution is 2.18. The number of ether oxygens (including phenoxy) is 2. The van der Waals surface area contributed by atoms with Gasteiger partial charge in [0.15, 0.2) is 0 Å². The van der Waals surface area contributed by atoms with Crippen LogP contribution >= 0.6 is 0 Å². The average molecular weight is 736 g/mol. The van der Waals surface area contributed by atoms with E-state index in [2.05, 4.69) is 31.7 Å². The molecule has 0 heterocycles. The van der Waals surface area contributed by atoms with Crippen molar-refractivity contribution in [1.82, 2.24) is 4.90 Å². The minimum atomic E-state index is -0.0779. The molecule has 0 radical (unpaired) electrons. The number of esters is 2. The second kappa shape index (κ2) is 42.3. The van der Waals surface area contributed by atoms with Crippen molar-refractivity contribution in [3.63, 3.8) is 0 Å². The SMILES string of the molecule is CCCCCC/C=C\COC(=O)CCCCCCCN(CCO)CCCCCCCCCC(=O)OC(CCCCCCCC)CCCCCCCC. The smallest absolute Gasteiger partial charge is 0.306 e. The topological polar surface area (TPSA) is 76.1 Å². The van der Waals surface area contributed by atoms with Crippen molar-refractivity contribution in [2.24, 2.45) is 0 Å². The van der Waals surface area contributed by atoms with Crippen molar-refractivity contribution >= 4 is 11.9 Å². The molecule has 0 saturated carbocycles. The van der Waals surface area contributed by atoms with E-state index >= 15 is 0 Å². The average Bonchev–Trinajstić information content (AvgIpc) is 3.14. The van der Waals surface area contributed by atoms with Gasteiger partial charge in [0.25, 0.3) is 0 Å². The minimum absolute atomic E-state index is 0.0258. The highest BCUT2D eigenvalue weighted by Gasteiger charge is 2.14. The highest BCUT2D eigenvalue weighted by atomic mass is 16.5. The van der Waals surface area contributed by atoms with Crippen molar-refractivity contribution in [3.05, 3.63) is 12.2 Å². The van der Waals surface area contributed by atoms with Gasteiger partial charge in [0.05, 0.1) is 6.61 Å². The number of nitrogens with zero attached hydrogens (tertiary/aromatic N) is 1. The van der Waals surface area contributed by atoms with E-state index in [1.54, 1.807) is 0 Å². The monoisotopic (exact) mass is 736 g/mol. The molecule has 308 valence electrons. The molecule has 0 atom stereocenters. The molecule has 6 heteroatoms. The van der Waals surface area contributed by atoms with Crippen LogP contribution in [0.3, 0.4) is 0 Å². The molecular weight excluding hydrogens is 647 g/mol. The number of aliphatic hydroxyl groups is 1. The highest BCUT2D eigenvalue weighted by molar-refractivity contribution is 5.69. The fourth-order valence-corrected chi connectivity index (χ4v) is 7.00. The van der Waals surface area contributed by atoms with Crippen LogP contribution in [-0.2, 0) is 19.1 Å². The Labute approximate surface area is 324 Å². The maximum Gasteiger partial charge on any atom is 0.306 e. The van der Waals surface area contributed by atoms with Gasteiger partial charge in [-0.3, -0.25) is 9.59 Å². The zero-order valence-corrected chi connectivity index (χ0v) is 35.1. The molecule has 0 amide bonds. The zero-order chi connectivity index (χ0) is 38.0. The summed E-state index contributed by atoms with van der Waals surface area (Å²) in [7, 11) is 0. The summed E-state index contributed by atoms with van der Waals surface area (Å²) in [6.45, 7) is 10.2. The van der Waals surface area contributed by atoms with E-state index in [4.69, 9.17) is 9.47 Å². The molecule has 0 rings (SSSR count). The normalized spacial score (nSPS) is 11.7. The summed E-state index contributed by atoms with van der Waals surface area (Å²) >= 11 is 0. The lowest BCUT2D eigenvalue weighted by atomic mass is 10.0. The van der Waals surface area contributed by atoms with Gasteiger partial charge in [0.1, 0.15) is 12.7 Å². The molecule has 6 nitrogen and oxygen atoms in total. The summed E-state index contributed by atoms with van der Waals surface area (Å²) < 4.78 is 11.3. The van der Waals surface area contributed by atoms with E-state index < -0.39 is 0 Å². The van der Waals surface area contributed by atoms with Gasteiger partial charge < -0.3 is 19.5 Å². The second-order valence-electron chi connectivity index (χ2n) is 15.5. The first-order chi connectivity index (χ1) is 25.6. The van der Waals surface area contributed by atoms with Crippen LogP contribution in [0.5, 0.6) is 0 Å². The molecule has 0 aromatic heterocycles. The van der Waals surface area contributed by atoms with Gasteiger partial charge in [0, 0.05) is 19.4 Å². The lowest BCUT2D eigenvalue weighted by Crippen LogP contribution is -2.29. The fourth-order valence-electron chi connectivity index (χ4n) is 7.00. The summed E-state index contributed by atoms with van der Waals surface area (Å²) in [5, 5.41) is 9.53. The second-order valence-corrected chi connectivity index (χ2v) is 15.5. The van der Waals surface area contributed by atoms with Gasteiger partial charge >= 0.3 is 11.9 Å². The minimum Gasteiger partial charge on any atom is -0.462 e. The molecule has 0 aliphatic carbocycles. The first kappa shape index (κ1) is 50.6. The number of hydrogen-bond acceptors (Lipinski definition) is 6. The predicted octanol–water partition coefficient (Wildman–Crippen LogP) is 13.2. The summed E-state index contributed by atoms with van der Waals surface area (Å²) in [6.07, 6.45) is 42.6. The molecule has 0 aromatic carbocycles. The predicted molar refractivity (Wildman–Crippen MR) is 223 cm³/mol. The number of aliphatic hydroxyl groups excluding tert-OH is 1. The lowest BCUT2D eigenvalue weighted by molar-refractivity contribution is -0.150. The van der Waals surface area contributed by atoms with Crippen LogP contribution in [0.15, 0.2) is 12.2 Å². The van der Waals surface area contributed by atoms with Crippen LogP contribution < -0.4 is 0 Å². The maximum atomic E-state index is 12.7. The van der Waals surface area contributed by atoms with E-state index in [0.717, 1.165) is 77.4 Å². The molecule has 0 bridgehead atoms. The molecule has 1 N–H and O–H groups in total. The van der Waals surface area contributed by atoms with Gasteiger partial charge in [-0.05, 0) is 77.3 Å². The molecule has 0 aliphatic heterocycles. The molecular formula is C46H89NO5. The number of unbranched alkanes of at least 4 members (excludes halogenated alkanes) is 24.